The number of nitrogens with zero attached hydrogens (tertiary/aromatic N) is 1. The van der Waals surface area contributed by atoms with E-state index in [0.29, 0.717) is 29.4 Å². The number of carboxylic acid groups (broad SMARTS) is 1. The summed E-state index contributed by atoms with van der Waals surface area (Å²) in [6, 6.07) is 14.0. The van der Waals surface area contributed by atoms with Gasteiger partial charge in [-0.2, -0.15) is 0 Å². The maximum atomic E-state index is 13.0. The smallest absolute Gasteiger partial charge is 0.335 e. The minimum atomic E-state index is -1.00. The molecule has 0 radical (unpaired) electrons. The van der Waals surface area contributed by atoms with Gasteiger partial charge in [-0.25, -0.2) is 9.18 Å². The molecule has 0 bridgehead atoms. The highest BCUT2D eigenvalue weighted by atomic mass is 35.5. The van der Waals surface area contributed by atoms with E-state index < -0.39 is 11.8 Å². The molecule has 6 nitrogen and oxygen atoms in total. The first-order chi connectivity index (χ1) is 14.8. The molecule has 3 aromatic rings. The maximum absolute atomic E-state index is 13.0. The van der Waals surface area contributed by atoms with Gasteiger partial charge in [0.25, 0.3) is 5.91 Å². The molecular weight excluding hydrogens is 421 g/mol. The largest absolute Gasteiger partial charge is 0.478 e. The van der Waals surface area contributed by atoms with Crippen LogP contribution < -0.4 is 10.6 Å². The van der Waals surface area contributed by atoms with Crippen LogP contribution in [0.2, 0.25) is 5.02 Å². The molecule has 0 unspecified atom stereocenters. The first-order valence-electron chi connectivity index (χ1n) is 9.57. The number of rotatable bonds is 8. The number of aromatic carboxylic acids is 1. The van der Waals surface area contributed by atoms with Gasteiger partial charge in [-0.15, -0.1) is 0 Å². The van der Waals surface area contributed by atoms with E-state index in [1.165, 1.54) is 18.2 Å². The Morgan fingerprint density at radius 2 is 1.84 bits per heavy atom. The third-order valence-corrected chi connectivity index (χ3v) is 4.97. The van der Waals surface area contributed by atoms with Crippen LogP contribution >= 0.6 is 11.6 Å². The Morgan fingerprint density at radius 1 is 1.10 bits per heavy atom. The highest BCUT2D eigenvalue weighted by Crippen LogP contribution is 2.19. The maximum Gasteiger partial charge on any atom is 0.335 e. The van der Waals surface area contributed by atoms with E-state index in [-0.39, 0.29) is 17.5 Å². The van der Waals surface area contributed by atoms with Crippen LogP contribution in [0.5, 0.6) is 0 Å². The van der Waals surface area contributed by atoms with Crippen LogP contribution in [0, 0.1) is 5.82 Å². The van der Waals surface area contributed by atoms with Crippen LogP contribution in [0.3, 0.4) is 0 Å². The predicted octanol–water partition coefficient (Wildman–Crippen LogP) is 4.35. The number of aromatic nitrogens is 1. The van der Waals surface area contributed by atoms with Gasteiger partial charge < -0.3 is 15.7 Å². The summed E-state index contributed by atoms with van der Waals surface area (Å²) in [4.78, 5) is 27.9. The minimum Gasteiger partial charge on any atom is -0.478 e. The summed E-state index contributed by atoms with van der Waals surface area (Å²) in [6.45, 7) is 2.62. The molecule has 0 spiro atoms. The molecule has 3 rings (SSSR count). The number of amides is 1. The van der Waals surface area contributed by atoms with E-state index in [1.54, 1.807) is 36.4 Å². The second-order valence-electron chi connectivity index (χ2n) is 7.00. The van der Waals surface area contributed by atoms with Crippen LogP contribution in [0.15, 0.2) is 60.8 Å². The van der Waals surface area contributed by atoms with Gasteiger partial charge in [0.05, 0.1) is 23.5 Å². The number of pyridine rings is 1. The fourth-order valence-electron chi connectivity index (χ4n) is 3.02. The lowest BCUT2D eigenvalue weighted by Crippen LogP contribution is -2.28. The quantitative estimate of drug-likeness (QED) is 0.483. The molecular formula is C23H21ClFN3O3. The lowest BCUT2D eigenvalue weighted by atomic mass is 10.0. The second kappa shape index (κ2) is 10.1. The topological polar surface area (TPSA) is 91.3 Å². The van der Waals surface area contributed by atoms with Gasteiger partial charge in [-0.1, -0.05) is 29.8 Å². The van der Waals surface area contributed by atoms with E-state index >= 15 is 0 Å². The first-order valence-corrected chi connectivity index (χ1v) is 9.95. The van der Waals surface area contributed by atoms with Crippen molar-refractivity contribution >= 4 is 23.5 Å². The third kappa shape index (κ3) is 6.10. The van der Waals surface area contributed by atoms with E-state index in [2.05, 4.69) is 15.6 Å². The minimum absolute atomic E-state index is 0.182. The van der Waals surface area contributed by atoms with Gasteiger partial charge in [0.2, 0.25) is 0 Å². The van der Waals surface area contributed by atoms with Gasteiger partial charge in [0.1, 0.15) is 5.82 Å². The zero-order valence-electron chi connectivity index (χ0n) is 16.7. The number of carbonyl (C=O) groups is 2. The normalized spacial score (nSPS) is 11.7. The molecule has 31 heavy (non-hydrogen) atoms. The molecule has 3 N–H and O–H groups in total. The van der Waals surface area contributed by atoms with Crippen molar-refractivity contribution < 1.29 is 19.1 Å². The predicted molar refractivity (Wildman–Crippen MR) is 115 cm³/mol. The number of hydrogen-bond acceptors (Lipinski definition) is 4. The zero-order chi connectivity index (χ0) is 22.4. The van der Waals surface area contributed by atoms with Crippen molar-refractivity contribution in [3.8, 4) is 0 Å². The number of nitrogens with one attached hydrogen (secondary N) is 2. The molecule has 160 valence electrons. The molecule has 1 aromatic heterocycles. The fraction of sp³-hybridized carbons (Fsp3) is 0.174. The Morgan fingerprint density at radius 3 is 2.48 bits per heavy atom. The molecule has 0 fully saturated rings. The Labute approximate surface area is 184 Å². The monoisotopic (exact) mass is 441 g/mol. The summed E-state index contributed by atoms with van der Waals surface area (Å²) in [6.07, 6.45) is 1.16. The van der Waals surface area contributed by atoms with Crippen LogP contribution in [0.25, 0.3) is 0 Å². The van der Waals surface area contributed by atoms with Crippen LogP contribution in [0.1, 0.15) is 50.5 Å². The lowest BCUT2D eigenvalue weighted by molar-refractivity contribution is 0.0696. The van der Waals surface area contributed by atoms with Crippen molar-refractivity contribution in [2.24, 2.45) is 0 Å². The lowest BCUT2D eigenvalue weighted by Gasteiger charge is -2.17. The SMILES string of the molecule is C[C@H](NC(=O)c1cc(Cl)ccc1CNCc1ccc(F)cn1)c1ccc(C(=O)O)cc1. The summed E-state index contributed by atoms with van der Waals surface area (Å²) < 4.78 is 13.0. The van der Waals surface area contributed by atoms with Gasteiger partial charge in [0, 0.05) is 23.7 Å². The second-order valence-corrected chi connectivity index (χ2v) is 7.43. The number of carbonyl (C=O) groups excluding carboxylic acids is 1. The third-order valence-electron chi connectivity index (χ3n) is 4.73. The Hall–Kier alpha value is -3.29. The van der Waals surface area contributed by atoms with Crippen LogP contribution in [-0.2, 0) is 13.1 Å². The molecule has 0 aliphatic rings. The average Bonchev–Trinajstić information content (AvgIpc) is 2.76. The van der Waals surface area contributed by atoms with Crippen molar-refractivity contribution in [1.29, 1.82) is 0 Å². The van der Waals surface area contributed by atoms with E-state index in [1.807, 2.05) is 6.92 Å². The Kier molecular flexibility index (Phi) is 7.33. The number of benzene rings is 2. The van der Waals surface area contributed by atoms with Gasteiger partial charge in [-0.3, -0.25) is 9.78 Å². The molecule has 1 amide bonds. The van der Waals surface area contributed by atoms with Crippen molar-refractivity contribution in [3.05, 3.63) is 99.6 Å². The number of halogens is 2. The van der Waals surface area contributed by atoms with E-state index in [0.717, 1.165) is 17.3 Å². The summed E-state index contributed by atoms with van der Waals surface area (Å²) in [7, 11) is 0. The van der Waals surface area contributed by atoms with Crippen molar-refractivity contribution in [3.63, 3.8) is 0 Å². The zero-order valence-corrected chi connectivity index (χ0v) is 17.5. The Balaban J connectivity index is 1.67. The Bertz CT molecular complexity index is 1070. The van der Waals surface area contributed by atoms with E-state index in [9.17, 15) is 14.0 Å². The first kappa shape index (κ1) is 22.4. The number of hydrogen-bond donors (Lipinski definition) is 3. The standard InChI is InChI=1S/C23H21ClFN3O3/c1-14(15-2-4-16(5-3-15)23(30)31)28-22(29)21-10-18(24)7-6-17(21)11-26-13-20-9-8-19(25)12-27-20/h2-10,12,14,26H,11,13H2,1H3,(H,28,29)(H,30,31)/t14-/m0/s1. The number of carboxylic acids is 1. The highest BCUT2D eigenvalue weighted by Gasteiger charge is 2.16. The van der Waals surface area contributed by atoms with Crippen LogP contribution in [0.4, 0.5) is 4.39 Å². The van der Waals surface area contributed by atoms with E-state index in [4.69, 9.17) is 16.7 Å². The van der Waals surface area contributed by atoms with Crippen molar-refractivity contribution in [2.75, 3.05) is 0 Å². The summed E-state index contributed by atoms with van der Waals surface area (Å²) in [5.74, 6) is -1.70. The molecule has 0 saturated carbocycles. The molecule has 1 heterocycles. The molecule has 8 heteroatoms. The van der Waals surface area contributed by atoms with Crippen molar-refractivity contribution in [1.82, 2.24) is 15.6 Å². The fourth-order valence-corrected chi connectivity index (χ4v) is 3.19. The van der Waals surface area contributed by atoms with Gasteiger partial charge in [0.15, 0.2) is 0 Å². The summed E-state index contributed by atoms with van der Waals surface area (Å²) >= 11 is 6.10. The molecule has 0 aliphatic heterocycles. The molecule has 1 atom stereocenters. The van der Waals surface area contributed by atoms with Crippen molar-refractivity contribution in [2.45, 2.75) is 26.1 Å². The van der Waals surface area contributed by atoms with Gasteiger partial charge in [-0.05, 0) is 54.4 Å². The summed E-state index contributed by atoms with van der Waals surface area (Å²) in [5, 5.41) is 15.6. The summed E-state index contributed by atoms with van der Waals surface area (Å²) in [5.41, 5.74) is 2.82. The highest BCUT2D eigenvalue weighted by molar-refractivity contribution is 6.31. The van der Waals surface area contributed by atoms with Crippen LogP contribution in [-0.4, -0.2) is 22.0 Å². The molecule has 0 saturated heterocycles. The molecule has 2 aromatic carbocycles. The average molecular weight is 442 g/mol. The van der Waals surface area contributed by atoms with Gasteiger partial charge >= 0.3 is 5.97 Å². The molecule has 0 aliphatic carbocycles.